The maximum Gasteiger partial charge on any atom is 0.282 e. The number of hydrogen-bond donors (Lipinski definition) is 1. The minimum Gasteiger partial charge on any atom is -0.497 e. The van der Waals surface area contributed by atoms with E-state index in [1.54, 1.807) is 79.9 Å². The Morgan fingerprint density at radius 3 is 2.13 bits per heavy atom. The molecule has 0 saturated heterocycles. The smallest absolute Gasteiger partial charge is 0.282 e. The molecular weight excluding hydrogens is 414 g/mol. The van der Waals surface area contributed by atoms with Crippen molar-refractivity contribution in [1.82, 2.24) is 0 Å². The van der Waals surface area contributed by atoms with Gasteiger partial charge in [-0.3, -0.25) is 9.59 Å². The molecule has 0 bridgehead atoms. The van der Waals surface area contributed by atoms with Crippen molar-refractivity contribution in [2.75, 3.05) is 17.3 Å². The molecule has 2 amide bonds. The van der Waals surface area contributed by atoms with E-state index in [0.29, 0.717) is 33.3 Å². The van der Waals surface area contributed by atoms with Gasteiger partial charge in [0.2, 0.25) is 0 Å². The van der Waals surface area contributed by atoms with Gasteiger partial charge >= 0.3 is 0 Å². The third kappa shape index (κ3) is 3.87. The monoisotopic (exact) mass is 429 g/mol. The molecule has 4 rings (SSSR count). The molecule has 6 nitrogen and oxygen atoms in total. The minimum absolute atomic E-state index is 0.154. The van der Waals surface area contributed by atoms with Crippen LogP contribution in [0.3, 0.4) is 0 Å². The Morgan fingerprint density at radius 1 is 0.903 bits per heavy atom. The van der Waals surface area contributed by atoms with Crippen LogP contribution in [0.4, 0.5) is 11.4 Å². The van der Waals surface area contributed by atoms with Crippen molar-refractivity contribution in [3.8, 4) is 11.8 Å². The van der Waals surface area contributed by atoms with Crippen LogP contribution in [0.15, 0.2) is 78.5 Å². The number of carbonyl (C=O) groups is 2. The highest BCUT2D eigenvalue weighted by molar-refractivity contribution is 6.46. The van der Waals surface area contributed by atoms with Crippen LogP contribution in [0, 0.1) is 11.3 Å². The number of methoxy groups -OCH3 is 1. The Kier molecular flexibility index (Phi) is 5.44. The molecule has 7 heteroatoms. The van der Waals surface area contributed by atoms with E-state index in [1.165, 1.54) is 0 Å². The zero-order valence-electron chi connectivity index (χ0n) is 16.4. The van der Waals surface area contributed by atoms with Gasteiger partial charge in [0.05, 0.1) is 30.0 Å². The van der Waals surface area contributed by atoms with E-state index in [2.05, 4.69) is 5.32 Å². The number of benzene rings is 3. The average Bonchev–Trinajstić information content (AvgIpc) is 3.04. The van der Waals surface area contributed by atoms with Crippen LogP contribution in [-0.2, 0) is 9.59 Å². The molecule has 0 aliphatic carbocycles. The number of carbonyl (C=O) groups excluding carboxylic acids is 2. The fourth-order valence-electron chi connectivity index (χ4n) is 3.27. The summed E-state index contributed by atoms with van der Waals surface area (Å²) >= 11 is 6.00. The van der Waals surface area contributed by atoms with Gasteiger partial charge in [0.25, 0.3) is 11.8 Å². The van der Waals surface area contributed by atoms with Crippen LogP contribution in [-0.4, -0.2) is 18.9 Å². The Hall–Kier alpha value is -4.08. The van der Waals surface area contributed by atoms with E-state index >= 15 is 0 Å². The molecule has 0 saturated carbocycles. The molecule has 152 valence electrons. The number of amides is 2. The predicted molar refractivity (Wildman–Crippen MR) is 119 cm³/mol. The van der Waals surface area contributed by atoms with Gasteiger partial charge in [0.1, 0.15) is 11.4 Å². The lowest BCUT2D eigenvalue weighted by atomic mass is 10.0. The molecular formula is C24H16ClN3O3. The fraction of sp³-hybridized carbons (Fsp3) is 0.0417. The lowest BCUT2D eigenvalue weighted by molar-refractivity contribution is -0.120. The quantitative estimate of drug-likeness (QED) is 0.598. The van der Waals surface area contributed by atoms with Crippen molar-refractivity contribution in [2.24, 2.45) is 0 Å². The summed E-state index contributed by atoms with van der Waals surface area (Å²) in [6.07, 6.45) is 0. The third-order valence-electron chi connectivity index (χ3n) is 4.83. The zero-order chi connectivity index (χ0) is 22.0. The lowest BCUT2D eigenvalue weighted by Gasteiger charge is -2.15. The molecule has 1 heterocycles. The summed E-state index contributed by atoms with van der Waals surface area (Å²) in [6.45, 7) is 0. The summed E-state index contributed by atoms with van der Waals surface area (Å²) in [6, 6.07) is 22.0. The second-order valence-corrected chi connectivity index (χ2v) is 7.15. The van der Waals surface area contributed by atoms with Crippen molar-refractivity contribution in [2.45, 2.75) is 0 Å². The number of anilines is 2. The summed E-state index contributed by atoms with van der Waals surface area (Å²) in [7, 11) is 1.57. The number of nitrogens with one attached hydrogen (secondary N) is 1. The van der Waals surface area contributed by atoms with Crippen molar-refractivity contribution < 1.29 is 14.3 Å². The summed E-state index contributed by atoms with van der Waals surface area (Å²) < 4.78 is 5.17. The Morgan fingerprint density at radius 2 is 1.55 bits per heavy atom. The normalized spacial score (nSPS) is 13.4. The second-order valence-electron chi connectivity index (χ2n) is 6.71. The molecule has 1 aliphatic heterocycles. The van der Waals surface area contributed by atoms with Gasteiger partial charge in [-0.15, -0.1) is 0 Å². The van der Waals surface area contributed by atoms with Gasteiger partial charge in [-0.25, -0.2) is 4.90 Å². The molecule has 0 fully saturated rings. The highest BCUT2D eigenvalue weighted by Gasteiger charge is 2.40. The maximum atomic E-state index is 13.3. The fourth-order valence-corrected chi connectivity index (χ4v) is 3.39. The molecule has 0 unspecified atom stereocenters. The van der Waals surface area contributed by atoms with Gasteiger partial charge in [0.15, 0.2) is 0 Å². The van der Waals surface area contributed by atoms with E-state index in [-0.39, 0.29) is 11.3 Å². The van der Waals surface area contributed by atoms with E-state index in [4.69, 9.17) is 21.6 Å². The molecule has 0 spiro atoms. The molecule has 1 N–H and O–H groups in total. The Labute approximate surface area is 183 Å². The number of hydrogen-bond acceptors (Lipinski definition) is 5. The van der Waals surface area contributed by atoms with Crippen molar-refractivity contribution in [3.05, 3.63) is 94.6 Å². The van der Waals surface area contributed by atoms with E-state index in [9.17, 15) is 9.59 Å². The van der Waals surface area contributed by atoms with Crippen molar-refractivity contribution in [3.63, 3.8) is 0 Å². The number of ether oxygens (including phenoxy) is 1. The summed E-state index contributed by atoms with van der Waals surface area (Å²) in [5, 5.41) is 12.6. The van der Waals surface area contributed by atoms with Gasteiger partial charge in [-0.1, -0.05) is 23.7 Å². The first-order chi connectivity index (χ1) is 15.0. The topological polar surface area (TPSA) is 82.4 Å². The average molecular weight is 430 g/mol. The van der Waals surface area contributed by atoms with E-state index in [1.807, 2.05) is 6.07 Å². The first-order valence-electron chi connectivity index (χ1n) is 9.32. The first-order valence-corrected chi connectivity index (χ1v) is 9.70. The van der Waals surface area contributed by atoms with E-state index < -0.39 is 11.8 Å². The second kappa shape index (κ2) is 8.34. The highest BCUT2D eigenvalue weighted by Crippen LogP contribution is 2.34. The molecule has 0 radical (unpaired) electrons. The van der Waals surface area contributed by atoms with Crippen molar-refractivity contribution >= 4 is 40.4 Å². The summed E-state index contributed by atoms with van der Waals surface area (Å²) in [4.78, 5) is 27.8. The summed E-state index contributed by atoms with van der Waals surface area (Å²) in [5.74, 6) is -0.283. The number of imide groups is 1. The molecule has 0 aromatic heterocycles. The lowest BCUT2D eigenvalue weighted by Crippen LogP contribution is -2.32. The summed E-state index contributed by atoms with van der Waals surface area (Å²) in [5.41, 5.74) is 2.40. The molecule has 0 atom stereocenters. The number of halogens is 1. The van der Waals surface area contributed by atoms with Crippen LogP contribution in [0.5, 0.6) is 5.75 Å². The number of nitrogens with zero attached hydrogens (tertiary/aromatic N) is 2. The van der Waals surface area contributed by atoms with Crippen LogP contribution in [0.25, 0.3) is 5.57 Å². The van der Waals surface area contributed by atoms with Crippen LogP contribution in [0.2, 0.25) is 5.02 Å². The van der Waals surface area contributed by atoms with Gasteiger partial charge in [0, 0.05) is 10.7 Å². The number of rotatable bonds is 5. The van der Waals surface area contributed by atoms with Crippen LogP contribution < -0.4 is 15.0 Å². The third-order valence-corrected chi connectivity index (χ3v) is 5.08. The van der Waals surface area contributed by atoms with Gasteiger partial charge < -0.3 is 10.1 Å². The maximum absolute atomic E-state index is 13.3. The minimum atomic E-state index is -0.490. The molecule has 3 aromatic carbocycles. The van der Waals surface area contributed by atoms with Crippen molar-refractivity contribution in [1.29, 1.82) is 5.26 Å². The van der Waals surface area contributed by atoms with Gasteiger partial charge in [-0.2, -0.15) is 5.26 Å². The predicted octanol–water partition coefficient (Wildman–Crippen LogP) is 4.62. The van der Waals surface area contributed by atoms with Gasteiger partial charge in [-0.05, 0) is 66.2 Å². The number of nitriles is 1. The standard InChI is InChI=1S/C24H16ClN3O3/c1-31-20-12-8-18(9-13-20)27-22-21(16-4-6-17(25)7-5-16)23(29)28(24(22)30)19-10-2-15(14-26)3-11-19/h2-13,27H,1H3. The first kappa shape index (κ1) is 20.2. The zero-order valence-corrected chi connectivity index (χ0v) is 17.2. The van der Waals surface area contributed by atoms with E-state index in [0.717, 1.165) is 4.90 Å². The highest BCUT2D eigenvalue weighted by atomic mass is 35.5. The Balaban J connectivity index is 1.78. The molecule has 3 aromatic rings. The largest absolute Gasteiger partial charge is 0.497 e. The van der Waals surface area contributed by atoms with Crippen LogP contribution in [0.1, 0.15) is 11.1 Å². The molecule has 31 heavy (non-hydrogen) atoms. The molecule has 1 aliphatic rings. The van der Waals surface area contributed by atoms with Crippen LogP contribution >= 0.6 is 11.6 Å². The SMILES string of the molecule is COc1ccc(NC2=C(c3ccc(Cl)cc3)C(=O)N(c3ccc(C#N)cc3)C2=O)cc1. The Bertz CT molecular complexity index is 1230.